The van der Waals surface area contributed by atoms with E-state index >= 15 is 0 Å². The van der Waals surface area contributed by atoms with Crippen molar-refractivity contribution in [3.05, 3.63) is 48.3 Å². The van der Waals surface area contributed by atoms with Crippen molar-refractivity contribution >= 4 is 5.52 Å². The van der Waals surface area contributed by atoms with Crippen LogP contribution < -0.4 is 10.5 Å². The fraction of sp³-hybridized carbons (Fsp3) is 0.316. The molecule has 4 rings (SSSR count). The summed E-state index contributed by atoms with van der Waals surface area (Å²) in [5, 5.41) is 9.65. The van der Waals surface area contributed by atoms with Gasteiger partial charge in [-0.1, -0.05) is 6.92 Å². The Morgan fingerprint density at radius 3 is 2.88 bits per heavy atom. The molecule has 2 aromatic heterocycles. The van der Waals surface area contributed by atoms with Gasteiger partial charge in [0.2, 0.25) is 0 Å². The number of aromatic hydroxyl groups is 1. The summed E-state index contributed by atoms with van der Waals surface area (Å²) in [4.78, 5) is 4.18. The summed E-state index contributed by atoms with van der Waals surface area (Å²) in [5.41, 5.74) is 9.13. The number of nitrogens with two attached hydrogens (primary N) is 1. The Morgan fingerprint density at radius 1 is 1.36 bits per heavy atom. The Labute approximate surface area is 144 Å². The quantitative estimate of drug-likeness (QED) is 0.764. The van der Waals surface area contributed by atoms with Crippen molar-refractivity contribution in [2.75, 3.05) is 0 Å². The molecule has 130 valence electrons. The molecule has 0 aliphatic heterocycles. The lowest BCUT2D eigenvalue weighted by molar-refractivity contribution is 0.102. The first-order chi connectivity index (χ1) is 12.0. The van der Waals surface area contributed by atoms with Gasteiger partial charge in [-0.2, -0.15) is 0 Å². The van der Waals surface area contributed by atoms with Gasteiger partial charge in [0, 0.05) is 17.8 Å². The number of nitrogens with zero attached hydrogens (tertiary/aromatic N) is 2. The van der Waals surface area contributed by atoms with E-state index in [0.29, 0.717) is 12.2 Å². The smallest absolute Gasteiger partial charge is 0.165 e. The second-order valence-electron chi connectivity index (χ2n) is 6.56. The van der Waals surface area contributed by atoms with Crippen molar-refractivity contribution in [1.82, 2.24) is 9.38 Å². The van der Waals surface area contributed by atoms with Crippen LogP contribution in [-0.2, 0) is 6.42 Å². The third-order valence-corrected chi connectivity index (χ3v) is 4.77. The van der Waals surface area contributed by atoms with Crippen LogP contribution >= 0.6 is 0 Å². The predicted octanol–water partition coefficient (Wildman–Crippen LogP) is 3.28. The lowest BCUT2D eigenvalue weighted by atomic mass is 9.90. The molecule has 3 N–H and O–H groups in total. The second-order valence-corrected chi connectivity index (χ2v) is 6.56. The minimum Gasteiger partial charge on any atom is -0.505 e. The molecule has 0 atom stereocenters. The van der Waals surface area contributed by atoms with Crippen LogP contribution in [0, 0.1) is 5.82 Å². The van der Waals surface area contributed by atoms with E-state index in [1.807, 2.05) is 23.6 Å². The molecule has 2 heterocycles. The van der Waals surface area contributed by atoms with Gasteiger partial charge in [0.25, 0.3) is 0 Å². The SMILES string of the molecule is CCc1cc(O)c(F)cc1-c1cc(O[C@H]2C[C@@H](N)C2)c2cncn2c1. The van der Waals surface area contributed by atoms with Gasteiger partial charge in [-0.25, -0.2) is 9.37 Å². The number of aryl methyl sites for hydroxylation is 1. The van der Waals surface area contributed by atoms with Gasteiger partial charge in [0.15, 0.2) is 11.6 Å². The Morgan fingerprint density at radius 2 is 2.16 bits per heavy atom. The molecule has 0 amide bonds. The molecule has 0 saturated heterocycles. The second kappa shape index (κ2) is 6.04. The van der Waals surface area contributed by atoms with Crippen molar-refractivity contribution in [2.24, 2.45) is 5.73 Å². The molecule has 0 spiro atoms. The van der Waals surface area contributed by atoms with Gasteiger partial charge in [-0.05, 0) is 48.6 Å². The normalized spacial score (nSPS) is 19.8. The number of benzene rings is 1. The highest BCUT2D eigenvalue weighted by atomic mass is 19.1. The van der Waals surface area contributed by atoms with E-state index < -0.39 is 5.82 Å². The summed E-state index contributed by atoms with van der Waals surface area (Å²) in [5.74, 6) is -0.253. The molecule has 0 unspecified atom stereocenters. The summed E-state index contributed by atoms with van der Waals surface area (Å²) < 4.78 is 21.9. The minimum absolute atomic E-state index is 0.103. The number of halogens is 1. The van der Waals surface area contributed by atoms with Crippen molar-refractivity contribution < 1.29 is 14.2 Å². The monoisotopic (exact) mass is 341 g/mol. The molecule has 0 radical (unpaired) electrons. The molecule has 1 fully saturated rings. The molecule has 1 aliphatic carbocycles. The molecule has 6 heteroatoms. The van der Waals surface area contributed by atoms with Crippen LogP contribution in [0.4, 0.5) is 4.39 Å². The zero-order valence-corrected chi connectivity index (χ0v) is 13.9. The van der Waals surface area contributed by atoms with E-state index in [1.165, 1.54) is 12.1 Å². The third-order valence-electron chi connectivity index (χ3n) is 4.77. The van der Waals surface area contributed by atoms with Gasteiger partial charge < -0.3 is 20.0 Å². The number of phenols is 1. The number of pyridine rings is 1. The molecular formula is C19H20FN3O2. The zero-order chi connectivity index (χ0) is 17.6. The lowest BCUT2D eigenvalue weighted by Crippen LogP contribution is -2.43. The third kappa shape index (κ3) is 2.82. The molecule has 1 saturated carbocycles. The highest BCUT2D eigenvalue weighted by molar-refractivity contribution is 5.74. The molecule has 1 aliphatic rings. The minimum atomic E-state index is -0.634. The number of hydrogen-bond donors (Lipinski definition) is 2. The fourth-order valence-electron chi connectivity index (χ4n) is 3.29. The van der Waals surface area contributed by atoms with E-state index in [9.17, 15) is 9.50 Å². The number of fused-ring (bicyclic) bond motifs is 1. The lowest BCUT2D eigenvalue weighted by Gasteiger charge is -2.32. The van der Waals surface area contributed by atoms with Crippen molar-refractivity contribution in [1.29, 1.82) is 0 Å². The average Bonchev–Trinajstić information content (AvgIpc) is 3.04. The van der Waals surface area contributed by atoms with Gasteiger partial charge in [0.05, 0.1) is 12.5 Å². The van der Waals surface area contributed by atoms with Crippen LogP contribution in [0.2, 0.25) is 0 Å². The first-order valence-corrected chi connectivity index (χ1v) is 8.45. The number of hydrogen-bond acceptors (Lipinski definition) is 4. The van der Waals surface area contributed by atoms with Crippen LogP contribution in [-0.4, -0.2) is 26.6 Å². The zero-order valence-electron chi connectivity index (χ0n) is 13.9. The van der Waals surface area contributed by atoms with Gasteiger partial charge in [-0.15, -0.1) is 0 Å². The highest BCUT2D eigenvalue weighted by Gasteiger charge is 2.28. The first-order valence-electron chi connectivity index (χ1n) is 8.45. The van der Waals surface area contributed by atoms with E-state index in [4.69, 9.17) is 10.5 Å². The van der Waals surface area contributed by atoms with Gasteiger partial charge in [-0.3, -0.25) is 0 Å². The first kappa shape index (κ1) is 15.9. The van der Waals surface area contributed by atoms with Crippen LogP contribution in [0.15, 0.2) is 36.9 Å². The Bertz CT molecular complexity index is 932. The molecule has 0 bridgehead atoms. The van der Waals surface area contributed by atoms with Gasteiger partial charge >= 0.3 is 0 Å². The van der Waals surface area contributed by atoms with Crippen LogP contribution in [0.1, 0.15) is 25.3 Å². The standard InChI is InChI=1S/C19H20FN3O2/c1-2-11-3-18(24)16(20)7-15(11)12-4-19(25-14-5-13(21)6-14)17-8-22-10-23(17)9-12/h3-4,7-10,13-14,24H,2,5-6,21H2,1H3/t13-,14+. The fourth-order valence-corrected chi connectivity index (χ4v) is 3.29. The highest BCUT2D eigenvalue weighted by Crippen LogP contribution is 2.35. The van der Waals surface area contributed by atoms with Crippen molar-refractivity contribution in [2.45, 2.75) is 38.3 Å². The summed E-state index contributed by atoms with van der Waals surface area (Å²) >= 11 is 0. The van der Waals surface area contributed by atoms with Crippen molar-refractivity contribution in [3.63, 3.8) is 0 Å². The molecule has 1 aromatic carbocycles. The van der Waals surface area contributed by atoms with E-state index in [-0.39, 0.29) is 17.9 Å². The maximum Gasteiger partial charge on any atom is 0.165 e. The number of ether oxygens (including phenoxy) is 1. The molecular weight excluding hydrogens is 321 g/mol. The average molecular weight is 341 g/mol. The van der Waals surface area contributed by atoms with Crippen LogP contribution in [0.25, 0.3) is 16.6 Å². The predicted molar refractivity (Wildman–Crippen MR) is 93.3 cm³/mol. The summed E-state index contributed by atoms with van der Waals surface area (Å²) in [6.45, 7) is 1.97. The number of phenolic OH excluding ortho intramolecular Hbond substituents is 1. The van der Waals surface area contributed by atoms with E-state index in [0.717, 1.165) is 35.0 Å². The number of rotatable bonds is 4. The maximum atomic E-state index is 13.9. The molecule has 25 heavy (non-hydrogen) atoms. The molecule has 5 nitrogen and oxygen atoms in total. The summed E-state index contributed by atoms with van der Waals surface area (Å²) in [6.07, 6.45) is 7.78. The largest absolute Gasteiger partial charge is 0.505 e. The van der Waals surface area contributed by atoms with Crippen LogP contribution in [0.5, 0.6) is 11.5 Å². The topological polar surface area (TPSA) is 72.8 Å². The summed E-state index contributed by atoms with van der Waals surface area (Å²) in [6, 6.07) is 4.96. The van der Waals surface area contributed by atoms with Crippen molar-refractivity contribution in [3.8, 4) is 22.6 Å². The van der Waals surface area contributed by atoms with E-state index in [1.54, 1.807) is 12.5 Å². The Kier molecular flexibility index (Phi) is 3.84. The molecule has 3 aromatic rings. The van der Waals surface area contributed by atoms with Gasteiger partial charge in [0.1, 0.15) is 17.4 Å². The summed E-state index contributed by atoms with van der Waals surface area (Å²) in [7, 11) is 0. The number of aromatic nitrogens is 2. The maximum absolute atomic E-state index is 13.9. The Balaban J connectivity index is 1.81. The van der Waals surface area contributed by atoms with E-state index in [2.05, 4.69) is 4.98 Å². The Hall–Kier alpha value is -2.60. The number of imidazole rings is 1. The van der Waals surface area contributed by atoms with Crippen LogP contribution in [0.3, 0.4) is 0 Å².